The van der Waals surface area contributed by atoms with Crippen molar-refractivity contribution in [3.05, 3.63) is 0 Å². The van der Waals surface area contributed by atoms with E-state index in [1.165, 1.54) is 0 Å². The van der Waals surface area contributed by atoms with Crippen molar-refractivity contribution in [2.45, 2.75) is 39.7 Å². The summed E-state index contributed by atoms with van der Waals surface area (Å²) in [7, 11) is 0. The smallest absolute Gasteiger partial charge is 0.185 e. The molecule has 0 aliphatic rings. The maximum absolute atomic E-state index is 11.7. The molecule has 0 spiro atoms. The number of carbonyl (C=O) groups excluding carboxylic acids is 1. The van der Waals surface area contributed by atoms with Crippen molar-refractivity contribution >= 4 is 23.3 Å². The van der Waals surface area contributed by atoms with Crippen LogP contribution in [0.5, 0.6) is 0 Å². The van der Waals surface area contributed by atoms with Crippen molar-refractivity contribution in [3.8, 4) is 0 Å². The lowest BCUT2D eigenvalue weighted by molar-refractivity contribution is -0.118. The normalized spacial score (nSPS) is 13.1. The Bertz CT molecular complexity index is 282. The Morgan fingerprint density at radius 3 is 2.44 bits per heavy atom. The molecule has 0 amide bonds. The minimum atomic E-state index is -0.212. The summed E-state index contributed by atoms with van der Waals surface area (Å²) in [6.07, 6.45) is 1.45. The summed E-state index contributed by atoms with van der Waals surface area (Å²) in [5.74, 6) is 0.132. The molecule has 106 valence electrons. The lowest BCUT2D eigenvalue weighted by atomic mass is 9.95. The van der Waals surface area contributed by atoms with Crippen molar-refractivity contribution in [1.29, 1.82) is 0 Å². The fraction of sp³-hybridized carbons (Fsp3) is 0.833. The van der Waals surface area contributed by atoms with Crippen LogP contribution >= 0.6 is 11.6 Å². The maximum Gasteiger partial charge on any atom is 0.185 e. The predicted molar refractivity (Wildman–Crippen MR) is 76.9 cm³/mol. The number of hydrogen-bond donors (Lipinski definition) is 3. The van der Waals surface area contributed by atoms with Gasteiger partial charge in [-0.15, -0.1) is 11.6 Å². The highest BCUT2D eigenvalue weighted by Crippen LogP contribution is 2.12. The minimum absolute atomic E-state index is 0.0191. The lowest BCUT2D eigenvalue weighted by Gasteiger charge is -2.23. The summed E-state index contributed by atoms with van der Waals surface area (Å²) >= 11 is 5.60. The number of guanidine groups is 1. The van der Waals surface area contributed by atoms with E-state index >= 15 is 0 Å². The molecule has 0 aromatic heterocycles. The first kappa shape index (κ1) is 17.2. The van der Waals surface area contributed by atoms with Crippen molar-refractivity contribution in [2.24, 2.45) is 21.9 Å². The van der Waals surface area contributed by atoms with E-state index in [-0.39, 0.29) is 29.1 Å². The zero-order chi connectivity index (χ0) is 14.2. The molecule has 0 fully saturated rings. The number of nitrogens with two attached hydrogens (primary N) is 2. The lowest BCUT2D eigenvalue weighted by Crippen LogP contribution is -2.41. The van der Waals surface area contributed by atoms with E-state index in [9.17, 15) is 4.79 Å². The van der Waals surface area contributed by atoms with E-state index in [0.717, 1.165) is 13.0 Å². The van der Waals surface area contributed by atoms with Crippen molar-refractivity contribution in [2.75, 3.05) is 19.0 Å². The van der Waals surface area contributed by atoms with Crippen molar-refractivity contribution in [1.82, 2.24) is 5.32 Å². The number of nitrogens with zero attached hydrogens (tertiary/aromatic N) is 1. The third-order valence-electron chi connectivity index (χ3n) is 2.34. The quantitative estimate of drug-likeness (QED) is 0.265. The van der Waals surface area contributed by atoms with Gasteiger partial charge in [0.15, 0.2) is 11.7 Å². The van der Waals surface area contributed by atoms with E-state index in [2.05, 4.69) is 31.1 Å². The standard InChI is InChI=1S/C12H25ClN4O/c1-12(2,3)8-17-9(10(18)7-13)5-4-6-16-11(14)15/h9,17H,4-8H2,1-3H3,(H4,14,15,16)/t9-/m0/s1. The topological polar surface area (TPSA) is 93.5 Å². The van der Waals surface area contributed by atoms with Crippen molar-refractivity contribution < 1.29 is 4.79 Å². The molecule has 0 saturated heterocycles. The molecule has 0 rings (SSSR count). The number of nitrogens with one attached hydrogen (secondary N) is 1. The highest BCUT2D eigenvalue weighted by molar-refractivity contribution is 6.28. The minimum Gasteiger partial charge on any atom is -0.370 e. The SMILES string of the molecule is CC(C)(C)CN[C@@H](CCCN=C(N)N)C(=O)CCl. The van der Waals surface area contributed by atoms with Gasteiger partial charge in [-0.05, 0) is 18.3 Å². The second-order valence-corrected chi connectivity index (χ2v) is 5.81. The first-order chi connectivity index (χ1) is 8.26. The third kappa shape index (κ3) is 9.24. The van der Waals surface area contributed by atoms with Gasteiger partial charge in [0.2, 0.25) is 0 Å². The van der Waals surface area contributed by atoms with Crippen LogP contribution < -0.4 is 16.8 Å². The Hall–Kier alpha value is -0.810. The summed E-state index contributed by atoms with van der Waals surface area (Å²) in [5.41, 5.74) is 10.6. The van der Waals surface area contributed by atoms with Crippen LogP contribution in [0.25, 0.3) is 0 Å². The number of rotatable bonds is 8. The molecule has 5 N–H and O–H groups in total. The Balaban J connectivity index is 4.16. The highest BCUT2D eigenvalue weighted by Gasteiger charge is 2.19. The number of Topliss-reactive ketones (excluding diaryl/α,β-unsaturated/α-hetero) is 1. The van der Waals surface area contributed by atoms with Crippen LogP contribution in [0.1, 0.15) is 33.6 Å². The van der Waals surface area contributed by atoms with E-state index in [1.807, 2.05) is 0 Å². The molecular formula is C12H25ClN4O. The van der Waals surface area contributed by atoms with Gasteiger partial charge >= 0.3 is 0 Å². The van der Waals surface area contributed by atoms with Gasteiger partial charge in [0, 0.05) is 13.1 Å². The fourth-order valence-corrected chi connectivity index (χ4v) is 1.59. The largest absolute Gasteiger partial charge is 0.370 e. The Morgan fingerprint density at radius 2 is 2.00 bits per heavy atom. The van der Waals surface area contributed by atoms with Gasteiger partial charge in [0.05, 0.1) is 11.9 Å². The molecule has 1 atom stereocenters. The molecule has 0 aromatic carbocycles. The van der Waals surface area contributed by atoms with E-state index in [0.29, 0.717) is 13.0 Å². The average Bonchev–Trinajstić information content (AvgIpc) is 2.25. The van der Waals surface area contributed by atoms with Gasteiger partial charge in [-0.3, -0.25) is 9.79 Å². The number of ketones is 1. The first-order valence-electron chi connectivity index (χ1n) is 6.13. The summed E-state index contributed by atoms with van der Waals surface area (Å²) in [4.78, 5) is 15.6. The second kappa shape index (κ2) is 8.32. The van der Waals surface area contributed by atoms with Crippen LogP contribution in [0.4, 0.5) is 0 Å². The Morgan fingerprint density at radius 1 is 1.39 bits per heavy atom. The summed E-state index contributed by atoms with van der Waals surface area (Å²) < 4.78 is 0. The van der Waals surface area contributed by atoms with Crippen LogP contribution in [0, 0.1) is 5.41 Å². The molecule has 0 unspecified atom stereocenters. The van der Waals surface area contributed by atoms with Crippen LogP contribution in [-0.2, 0) is 4.79 Å². The van der Waals surface area contributed by atoms with Crippen LogP contribution in [0.15, 0.2) is 4.99 Å². The van der Waals surface area contributed by atoms with E-state index in [4.69, 9.17) is 23.1 Å². The summed E-state index contributed by atoms with van der Waals surface area (Å²) in [5, 5.41) is 3.25. The van der Waals surface area contributed by atoms with Gasteiger partial charge in [-0.1, -0.05) is 20.8 Å². The molecule has 5 nitrogen and oxygen atoms in total. The zero-order valence-corrected chi connectivity index (χ0v) is 12.3. The van der Waals surface area contributed by atoms with Crippen molar-refractivity contribution in [3.63, 3.8) is 0 Å². The number of hydrogen-bond acceptors (Lipinski definition) is 3. The summed E-state index contributed by atoms with van der Waals surface area (Å²) in [6.45, 7) is 7.64. The Labute approximate surface area is 114 Å². The summed E-state index contributed by atoms with van der Waals surface area (Å²) in [6, 6.07) is -0.212. The van der Waals surface area contributed by atoms with Crippen LogP contribution in [0.3, 0.4) is 0 Å². The van der Waals surface area contributed by atoms with E-state index < -0.39 is 0 Å². The molecule has 0 aliphatic carbocycles. The second-order valence-electron chi connectivity index (χ2n) is 5.54. The first-order valence-corrected chi connectivity index (χ1v) is 6.67. The van der Waals surface area contributed by atoms with Gasteiger partial charge in [0.1, 0.15) is 0 Å². The molecule has 0 radical (unpaired) electrons. The van der Waals surface area contributed by atoms with E-state index in [1.54, 1.807) is 0 Å². The highest BCUT2D eigenvalue weighted by atomic mass is 35.5. The molecular weight excluding hydrogens is 252 g/mol. The molecule has 0 bridgehead atoms. The number of alkyl halides is 1. The predicted octanol–water partition coefficient (Wildman–Crippen LogP) is 0.852. The van der Waals surface area contributed by atoms with Gasteiger partial charge in [-0.25, -0.2) is 0 Å². The fourth-order valence-electron chi connectivity index (χ4n) is 1.40. The van der Waals surface area contributed by atoms with Gasteiger partial charge < -0.3 is 16.8 Å². The monoisotopic (exact) mass is 276 g/mol. The molecule has 0 heterocycles. The van der Waals surface area contributed by atoms with Gasteiger partial charge in [0.25, 0.3) is 0 Å². The van der Waals surface area contributed by atoms with Gasteiger partial charge in [-0.2, -0.15) is 0 Å². The third-order valence-corrected chi connectivity index (χ3v) is 2.61. The maximum atomic E-state index is 11.7. The van der Waals surface area contributed by atoms with Crippen LogP contribution in [0.2, 0.25) is 0 Å². The molecule has 0 saturated carbocycles. The van der Waals surface area contributed by atoms with Crippen LogP contribution in [-0.4, -0.2) is 36.8 Å². The zero-order valence-electron chi connectivity index (χ0n) is 11.5. The molecule has 18 heavy (non-hydrogen) atoms. The number of halogens is 1. The number of aliphatic imine (C=N–C) groups is 1. The molecule has 0 aromatic rings. The Kier molecular flexibility index (Phi) is 7.95. The average molecular weight is 277 g/mol. The molecule has 0 aliphatic heterocycles. The number of carbonyl (C=O) groups is 1. The molecule has 6 heteroatoms.